The van der Waals surface area contributed by atoms with Crippen LogP contribution in [0.4, 0.5) is 0 Å². The molecule has 2 amide bonds. The lowest BCUT2D eigenvalue weighted by molar-refractivity contribution is -0.139. The van der Waals surface area contributed by atoms with Crippen LogP contribution in [0.1, 0.15) is 12.5 Å². The van der Waals surface area contributed by atoms with Gasteiger partial charge in [-0.25, -0.2) is 0 Å². The molecular formula is C16H20Cl2N2O3. The molecule has 1 saturated heterocycles. The van der Waals surface area contributed by atoms with Crippen LogP contribution in [0.15, 0.2) is 24.3 Å². The molecule has 1 aliphatic heterocycles. The number of aryl methyl sites for hydroxylation is 1. The van der Waals surface area contributed by atoms with Gasteiger partial charge in [0.25, 0.3) is 11.8 Å². The normalized spacial score (nSPS) is 15.0. The number of amides is 2. The van der Waals surface area contributed by atoms with Gasteiger partial charge in [-0.2, -0.15) is 0 Å². The molecule has 0 aliphatic carbocycles. The lowest BCUT2D eigenvalue weighted by Crippen LogP contribution is -2.52. The number of benzene rings is 1. The van der Waals surface area contributed by atoms with E-state index in [0.29, 0.717) is 26.2 Å². The Morgan fingerprint density at radius 1 is 1.13 bits per heavy atom. The fourth-order valence-corrected chi connectivity index (χ4v) is 2.76. The monoisotopic (exact) mass is 358 g/mol. The number of para-hydroxylation sites is 1. The molecule has 0 unspecified atom stereocenters. The largest absolute Gasteiger partial charge is 0.483 e. The molecule has 0 atom stereocenters. The van der Waals surface area contributed by atoms with Crippen LogP contribution in [0, 0.1) is 0 Å². The second-order valence-electron chi connectivity index (χ2n) is 5.26. The number of hydrogen-bond acceptors (Lipinski definition) is 3. The Bertz CT molecular complexity index is 558. The average molecular weight is 359 g/mol. The van der Waals surface area contributed by atoms with Gasteiger partial charge in [0.05, 0.1) is 0 Å². The van der Waals surface area contributed by atoms with Gasteiger partial charge in [0.1, 0.15) is 5.75 Å². The van der Waals surface area contributed by atoms with Crippen molar-refractivity contribution >= 4 is 35.0 Å². The molecule has 1 aromatic carbocycles. The van der Waals surface area contributed by atoms with E-state index in [0.717, 1.165) is 17.7 Å². The maximum absolute atomic E-state index is 12.2. The number of hydrogen-bond donors (Lipinski definition) is 0. The number of alkyl halides is 2. The van der Waals surface area contributed by atoms with E-state index in [9.17, 15) is 9.59 Å². The topological polar surface area (TPSA) is 49.9 Å². The second-order valence-corrected chi connectivity index (χ2v) is 6.35. The molecule has 0 N–H and O–H groups in total. The quantitative estimate of drug-likeness (QED) is 0.757. The standard InChI is InChI=1S/C16H20Cl2N2O3/c1-2-12-5-3-4-6-13(12)23-11-14(21)19-7-9-20(10-8-19)16(22)15(17)18/h3-6,15H,2,7-11H2,1H3. The Morgan fingerprint density at radius 2 is 1.74 bits per heavy atom. The van der Waals surface area contributed by atoms with Crippen LogP contribution in [0.2, 0.25) is 0 Å². The van der Waals surface area contributed by atoms with Gasteiger partial charge in [-0.05, 0) is 18.1 Å². The number of nitrogens with zero attached hydrogens (tertiary/aromatic N) is 2. The van der Waals surface area contributed by atoms with E-state index in [2.05, 4.69) is 0 Å². The Balaban J connectivity index is 1.82. The van der Waals surface area contributed by atoms with Crippen molar-refractivity contribution in [2.45, 2.75) is 18.2 Å². The molecule has 0 saturated carbocycles. The highest BCUT2D eigenvalue weighted by molar-refractivity contribution is 6.53. The Morgan fingerprint density at radius 3 is 2.35 bits per heavy atom. The zero-order chi connectivity index (χ0) is 16.8. The predicted molar refractivity (Wildman–Crippen MR) is 90.0 cm³/mol. The lowest BCUT2D eigenvalue weighted by Gasteiger charge is -2.35. The fraction of sp³-hybridized carbons (Fsp3) is 0.500. The Kier molecular flexibility index (Phi) is 6.54. The van der Waals surface area contributed by atoms with Crippen LogP contribution in [0.3, 0.4) is 0 Å². The molecule has 7 heteroatoms. The van der Waals surface area contributed by atoms with Crippen LogP contribution >= 0.6 is 23.2 Å². The van der Waals surface area contributed by atoms with Crippen LogP contribution in [-0.4, -0.2) is 59.2 Å². The molecule has 5 nitrogen and oxygen atoms in total. The van der Waals surface area contributed by atoms with E-state index >= 15 is 0 Å². The third-order valence-corrected chi connectivity index (χ3v) is 4.21. The van der Waals surface area contributed by atoms with E-state index in [1.165, 1.54) is 0 Å². The Hall–Kier alpha value is -1.46. The predicted octanol–water partition coefficient (Wildman–Crippen LogP) is 2.10. The fourth-order valence-electron chi connectivity index (χ4n) is 2.48. The third kappa shape index (κ3) is 4.75. The molecule has 23 heavy (non-hydrogen) atoms. The molecular weight excluding hydrogens is 339 g/mol. The number of ether oxygens (including phenoxy) is 1. The van der Waals surface area contributed by atoms with Crippen LogP contribution in [-0.2, 0) is 16.0 Å². The van der Waals surface area contributed by atoms with E-state index in [4.69, 9.17) is 27.9 Å². The first kappa shape index (κ1) is 17.9. The van der Waals surface area contributed by atoms with E-state index in [1.54, 1.807) is 9.80 Å². The number of halogens is 2. The molecule has 1 fully saturated rings. The first-order valence-electron chi connectivity index (χ1n) is 7.58. The van der Waals surface area contributed by atoms with E-state index in [1.807, 2.05) is 31.2 Å². The van der Waals surface area contributed by atoms with Crippen LogP contribution in [0.5, 0.6) is 5.75 Å². The SMILES string of the molecule is CCc1ccccc1OCC(=O)N1CCN(C(=O)C(Cl)Cl)CC1. The van der Waals surface area contributed by atoms with Crippen molar-refractivity contribution in [2.24, 2.45) is 0 Å². The van der Waals surface area contributed by atoms with Crippen molar-refractivity contribution in [1.82, 2.24) is 9.80 Å². The minimum absolute atomic E-state index is 0.00139. The maximum atomic E-state index is 12.2. The highest BCUT2D eigenvalue weighted by atomic mass is 35.5. The maximum Gasteiger partial charge on any atom is 0.260 e. The Labute approximate surface area is 146 Å². The number of carbonyl (C=O) groups is 2. The summed E-state index contributed by atoms with van der Waals surface area (Å²) in [5, 5.41) is 0. The smallest absolute Gasteiger partial charge is 0.260 e. The lowest BCUT2D eigenvalue weighted by atomic mass is 10.1. The summed E-state index contributed by atoms with van der Waals surface area (Å²) in [6, 6.07) is 7.69. The first-order chi connectivity index (χ1) is 11.0. The van der Waals surface area contributed by atoms with Gasteiger partial charge in [-0.15, -0.1) is 0 Å². The highest BCUT2D eigenvalue weighted by Gasteiger charge is 2.27. The van der Waals surface area contributed by atoms with Gasteiger partial charge in [-0.1, -0.05) is 48.3 Å². The number of carbonyl (C=O) groups excluding carboxylic acids is 2. The van der Waals surface area contributed by atoms with Crippen LogP contribution in [0.25, 0.3) is 0 Å². The molecule has 0 radical (unpaired) electrons. The van der Waals surface area contributed by atoms with E-state index in [-0.39, 0.29) is 18.4 Å². The summed E-state index contributed by atoms with van der Waals surface area (Å²) in [5.41, 5.74) is 1.07. The summed E-state index contributed by atoms with van der Waals surface area (Å²) in [5.74, 6) is 0.342. The molecule has 0 aromatic heterocycles. The molecule has 1 heterocycles. The first-order valence-corrected chi connectivity index (χ1v) is 8.45. The molecule has 0 bridgehead atoms. The summed E-state index contributed by atoms with van der Waals surface area (Å²) in [6.07, 6.45) is 0.850. The van der Waals surface area contributed by atoms with Crippen molar-refractivity contribution in [2.75, 3.05) is 32.8 Å². The summed E-state index contributed by atoms with van der Waals surface area (Å²) >= 11 is 11.2. The number of rotatable bonds is 5. The van der Waals surface area contributed by atoms with Crippen molar-refractivity contribution in [3.8, 4) is 5.75 Å². The van der Waals surface area contributed by atoms with Crippen molar-refractivity contribution in [1.29, 1.82) is 0 Å². The highest BCUT2D eigenvalue weighted by Crippen LogP contribution is 2.18. The van der Waals surface area contributed by atoms with Crippen molar-refractivity contribution in [3.63, 3.8) is 0 Å². The van der Waals surface area contributed by atoms with Crippen molar-refractivity contribution < 1.29 is 14.3 Å². The third-order valence-electron chi connectivity index (χ3n) is 3.84. The van der Waals surface area contributed by atoms with Gasteiger partial charge in [-0.3, -0.25) is 9.59 Å². The van der Waals surface area contributed by atoms with Gasteiger partial charge in [0.2, 0.25) is 0 Å². The van der Waals surface area contributed by atoms with Crippen molar-refractivity contribution in [3.05, 3.63) is 29.8 Å². The second kappa shape index (κ2) is 8.41. The zero-order valence-corrected chi connectivity index (χ0v) is 14.5. The molecule has 0 spiro atoms. The van der Waals surface area contributed by atoms with Crippen LogP contribution < -0.4 is 4.74 Å². The van der Waals surface area contributed by atoms with E-state index < -0.39 is 4.84 Å². The molecule has 1 aromatic rings. The zero-order valence-electron chi connectivity index (χ0n) is 13.0. The number of piperazine rings is 1. The minimum Gasteiger partial charge on any atom is -0.483 e. The average Bonchev–Trinajstić information content (AvgIpc) is 2.59. The molecule has 2 rings (SSSR count). The van der Waals surface area contributed by atoms with Gasteiger partial charge in [0.15, 0.2) is 11.4 Å². The summed E-state index contributed by atoms with van der Waals surface area (Å²) < 4.78 is 5.64. The van der Waals surface area contributed by atoms with Gasteiger partial charge >= 0.3 is 0 Å². The van der Waals surface area contributed by atoms with Gasteiger partial charge in [0, 0.05) is 26.2 Å². The summed E-state index contributed by atoms with van der Waals surface area (Å²) in [7, 11) is 0. The van der Waals surface area contributed by atoms with Gasteiger partial charge < -0.3 is 14.5 Å². The molecule has 126 valence electrons. The molecule has 1 aliphatic rings. The summed E-state index contributed by atoms with van der Waals surface area (Å²) in [6.45, 7) is 3.84. The summed E-state index contributed by atoms with van der Waals surface area (Å²) in [4.78, 5) is 26.1. The minimum atomic E-state index is -1.05.